The van der Waals surface area contributed by atoms with Crippen LogP contribution in [0.2, 0.25) is 0 Å². The summed E-state index contributed by atoms with van der Waals surface area (Å²) >= 11 is 0. The van der Waals surface area contributed by atoms with Crippen LogP contribution < -0.4 is 0 Å². The second-order valence-electron chi connectivity index (χ2n) is 3.54. The van der Waals surface area contributed by atoms with E-state index in [9.17, 15) is 26.3 Å². The lowest BCUT2D eigenvalue weighted by molar-refractivity contribution is -0.156. The number of hydrogen-bond acceptors (Lipinski definition) is 0. The summed E-state index contributed by atoms with van der Waals surface area (Å²) in [7, 11) is 0. The van der Waals surface area contributed by atoms with Crippen molar-refractivity contribution in [2.75, 3.05) is 0 Å². The largest absolute Gasteiger partial charge is 0.416 e. The van der Waals surface area contributed by atoms with Crippen LogP contribution in [0.15, 0.2) is 36.0 Å². The summed E-state index contributed by atoms with van der Waals surface area (Å²) in [6.07, 6.45) is -7.14. The van der Waals surface area contributed by atoms with Gasteiger partial charge in [0.15, 0.2) is 0 Å². The van der Waals surface area contributed by atoms with Gasteiger partial charge >= 0.3 is 12.4 Å². The van der Waals surface area contributed by atoms with E-state index in [4.69, 9.17) is 0 Å². The zero-order chi connectivity index (χ0) is 13.9. The molecule has 98 valence electrons. The van der Waals surface area contributed by atoms with E-state index in [1.807, 2.05) is 0 Å². The Hall–Kier alpha value is -1.20. The van der Waals surface area contributed by atoms with Crippen LogP contribution in [0.3, 0.4) is 0 Å². The van der Waals surface area contributed by atoms with E-state index < -0.39 is 23.8 Å². The van der Waals surface area contributed by atoms with Crippen LogP contribution in [0.1, 0.15) is 13.8 Å². The van der Waals surface area contributed by atoms with Gasteiger partial charge in [-0.25, -0.2) is 0 Å². The molecule has 0 saturated carbocycles. The quantitative estimate of drug-likeness (QED) is 0.503. The fourth-order valence-corrected chi connectivity index (χ4v) is 1.04. The molecule has 6 heteroatoms. The molecule has 0 fully saturated rings. The minimum absolute atomic E-state index is 0.109. The number of rotatable bonds is 3. The van der Waals surface area contributed by atoms with Gasteiger partial charge in [-0.1, -0.05) is 31.2 Å². The molecule has 0 amide bonds. The molecule has 0 N–H and O–H groups in total. The Morgan fingerprint density at radius 2 is 1.59 bits per heavy atom. The fraction of sp³-hybridized carbons (Fsp3) is 0.455. The standard InChI is InChI=1S/C11H12F6/c1-4-9(11(15,16)17)6-7(2)5-8(3)10(12,13)14/h4-6,8H,1H2,2-3H3/b7-5-,9-6+. The normalized spacial score (nSPS) is 16.9. The van der Waals surface area contributed by atoms with Crippen molar-refractivity contribution in [1.29, 1.82) is 0 Å². The first-order valence-electron chi connectivity index (χ1n) is 4.65. The molecule has 0 aromatic carbocycles. The Kier molecular flexibility index (Phi) is 5.04. The summed E-state index contributed by atoms with van der Waals surface area (Å²) in [6, 6.07) is 0. The van der Waals surface area contributed by atoms with E-state index in [0.29, 0.717) is 12.2 Å². The van der Waals surface area contributed by atoms with Gasteiger partial charge in [0.25, 0.3) is 0 Å². The maximum Gasteiger partial charge on any atom is 0.416 e. The Morgan fingerprint density at radius 3 is 1.88 bits per heavy atom. The number of hydrogen-bond donors (Lipinski definition) is 0. The van der Waals surface area contributed by atoms with Gasteiger partial charge in [0.05, 0.1) is 11.5 Å². The van der Waals surface area contributed by atoms with Gasteiger partial charge in [-0.2, -0.15) is 26.3 Å². The molecule has 0 nitrogen and oxygen atoms in total. The minimum Gasteiger partial charge on any atom is -0.170 e. The van der Waals surface area contributed by atoms with Gasteiger partial charge in [0.1, 0.15) is 0 Å². The lowest BCUT2D eigenvalue weighted by atomic mass is 10.1. The van der Waals surface area contributed by atoms with Crippen LogP contribution >= 0.6 is 0 Å². The fourth-order valence-electron chi connectivity index (χ4n) is 1.04. The minimum atomic E-state index is -4.61. The van der Waals surface area contributed by atoms with Crippen LogP contribution in [0, 0.1) is 5.92 Å². The summed E-state index contributed by atoms with van der Waals surface area (Å²) in [6.45, 7) is 5.02. The SMILES string of the molecule is C=C/C(=C\C(C)=C/C(C)C(F)(F)F)C(F)(F)F. The van der Waals surface area contributed by atoms with Gasteiger partial charge in [-0.15, -0.1) is 0 Å². The molecular weight excluding hydrogens is 246 g/mol. The number of halogens is 6. The third-order valence-corrected chi connectivity index (χ3v) is 1.96. The third-order valence-electron chi connectivity index (χ3n) is 1.96. The molecule has 0 aliphatic heterocycles. The molecule has 0 bridgehead atoms. The van der Waals surface area contributed by atoms with Crippen molar-refractivity contribution >= 4 is 0 Å². The van der Waals surface area contributed by atoms with Gasteiger partial charge in [-0.05, 0) is 13.0 Å². The molecular formula is C11H12F6. The summed E-state index contributed by atoms with van der Waals surface area (Å²) in [5.41, 5.74) is -1.18. The molecule has 1 unspecified atom stereocenters. The van der Waals surface area contributed by atoms with Crippen molar-refractivity contribution in [3.63, 3.8) is 0 Å². The van der Waals surface area contributed by atoms with Crippen molar-refractivity contribution in [3.8, 4) is 0 Å². The smallest absolute Gasteiger partial charge is 0.170 e. The average Bonchev–Trinajstić information content (AvgIpc) is 2.10. The van der Waals surface area contributed by atoms with Crippen LogP contribution in [0.5, 0.6) is 0 Å². The Labute approximate surface area is 95.3 Å². The zero-order valence-corrected chi connectivity index (χ0v) is 9.28. The molecule has 0 heterocycles. The van der Waals surface area contributed by atoms with E-state index in [1.54, 1.807) is 0 Å². The summed E-state index contributed by atoms with van der Waals surface area (Å²) in [4.78, 5) is 0. The van der Waals surface area contributed by atoms with Crippen LogP contribution in [0.25, 0.3) is 0 Å². The maximum atomic E-state index is 12.3. The Balaban J connectivity index is 5.07. The first-order chi connectivity index (χ1) is 7.48. The highest BCUT2D eigenvalue weighted by Crippen LogP contribution is 2.30. The van der Waals surface area contributed by atoms with E-state index in [-0.39, 0.29) is 5.57 Å². The molecule has 0 saturated heterocycles. The highest BCUT2D eigenvalue weighted by Gasteiger charge is 2.34. The van der Waals surface area contributed by atoms with Crippen molar-refractivity contribution < 1.29 is 26.3 Å². The van der Waals surface area contributed by atoms with E-state index in [0.717, 1.165) is 13.0 Å². The third kappa shape index (κ3) is 5.60. The van der Waals surface area contributed by atoms with Crippen LogP contribution in [-0.2, 0) is 0 Å². The summed E-state index contributed by atoms with van der Waals surface area (Å²) in [5, 5.41) is 0. The average molecular weight is 258 g/mol. The molecule has 0 rings (SSSR count). The highest BCUT2D eigenvalue weighted by molar-refractivity contribution is 5.31. The summed E-state index contributed by atoms with van der Waals surface area (Å²) < 4.78 is 73.3. The van der Waals surface area contributed by atoms with Gasteiger partial charge in [-0.3, -0.25) is 0 Å². The first-order valence-corrected chi connectivity index (χ1v) is 4.65. The van der Waals surface area contributed by atoms with E-state index in [2.05, 4.69) is 6.58 Å². The lowest BCUT2D eigenvalue weighted by Gasteiger charge is -2.12. The van der Waals surface area contributed by atoms with Gasteiger partial charge in [0, 0.05) is 0 Å². The van der Waals surface area contributed by atoms with Gasteiger partial charge < -0.3 is 0 Å². The second kappa shape index (κ2) is 5.42. The first kappa shape index (κ1) is 15.8. The van der Waals surface area contributed by atoms with Crippen molar-refractivity contribution in [1.82, 2.24) is 0 Å². The number of allylic oxidation sites excluding steroid dienone is 5. The zero-order valence-electron chi connectivity index (χ0n) is 9.28. The topological polar surface area (TPSA) is 0 Å². The highest BCUT2D eigenvalue weighted by atomic mass is 19.4. The van der Waals surface area contributed by atoms with Crippen molar-refractivity contribution in [2.45, 2.75) is 26.2 Å². The van der Waals surface area contributed by atoms with Gasteiger partial charge in [0.2, 0.25) is 0 Å². The van der Waals surface area contributed by atoms with Crippen molar-refractivity contribution in [2.24, 2.45) is 5.92 Å². The van der Waals surface area contributed by atoms with Crippen LogP contribution in [-0.4, -0.2) is 12.4 Å². The van der Waals surface area contributed by atoms with E-state index in [1.165, 1.54) is 6.92 Å². The molecule has 1 atom stereocenters. The lowest BCUT2D eigenvalue weighted by Crippen LogP contribution is -2.17. The predicted molar refractivity (Wildman–Crippen MR) is 53.3 cm³/mol. The van der Waals surface area contributed by atoms with Crippen LogP contribution in [0.4, 0.5) is 26.3 Å². The Bertz CT molecular complexity index is 329. The maximum absolute atomic E-state index is 12.3. The molecule has 0 aromatic heterocycles. The molecule has 0 aliphatic carbocycles. The second-order valence-corrected chi connectivity index (χ2v) is 3.54. The monoisotopic (exact) mass is 258 g/mol. The molecule has 0 aromatic rings. The molecule has 0 spiro atoms. The summed E-state index contributed by atoms with van der Waals surface area (Å²) in [5.74, 6) is -1.79. The Morgan fingerprint density at radius 1 is 1.12 bits per heavy atom. The molecule has 0 radical (unpaired) electrons. The molecule has 0 aliphatic rings. The predicted octanol–water partition coefficient (Wildman–Crippen LogP) is 4.81. The van der Waals surface area contributed by atoms with Crippen molar-refractivity contribution in [3.05, 3.63) is 36.0 Å². The molecule has 17 heavy (non-hydrogen) atoms. The number of alkyl halides is 6. The van der Waals surface area contributed by atoms with E-state index >= 15 is 0 Å².